The number of aryl methyl sites for hydroxylation is 2. The van der Waals surface area contributed by atoms with Crippen molar-refractivity contribution in [2.24, 2.45) is 11.1 Å². The number of carbonyl (C=O) groups is 1. The first-order chi connectivity index (χ1) is 8.99. The maximum Gasteiger partial charge on any atom is 0.227 e. The second kappa shape index (κ2) is 7.01. The fraction of sp³-hybridized carbons (Fsp3) is 0.714. The van der Waals surface area contributed by atoms with E-state index in [0.717, 1.165) is 30.0 Å². The molecule has 0 saturated heterocycles. The van der Waals surface area contributed by atoms with Crippen LogP contribution in [-0.2, 0) is 11.2 Å². The maximum atomic E-state index is 12.2. The molecule has 108 valence electrons. The molecule has 4 nitrogen and oxygen atoms in total. The summed E-state index contributed by atoms with van der Waals surface area (Å²) < 4.78 is 0. The van der Waals surface area contributed by atoms with E-state index < -0.39 is 5.41 Å². The van der Waals surface area contributed by atoms with Gasteiger partial charge in [0.2, 0.25) is 5.91 Å². The summed E-state index contributed by atoms with van der Waals surface area (Å²) in [4.78, 5) is 17.9. The molecule has 1 heterocycles. The van der Waals surface area contributed by atoms with Gasteiger partial charge >= 0.3 is 0 Å². The highest BCUT2D eigenvalue weighted by Crippen LogP contribution is 2.25. The Balaban J connectivity index is 2.53. The number of thiazole rings is 1. The first-order valence-corrected chi connectivity index (χ1v) is 7.72. The minimum Gasteiger partial charge on any atom is -0.355 e. The fourth-order valence-corrected chi connectivity index (χ4v) is 3.17. The summed E-state index contributed by atoms with van der Waals surface area (Å²) in [6.45, 7) is 9.13. The lowest BCUT2D eigenvalue weighted by atomic mass is 9.81. The van der Waals surface area contributed by atoms with E-state index in [1.165, 1.54) is 4.88 Å². The normalized spacial score (nSPS) is 11.6. The number of hydrogen-bond acceptors (Lipinski definition) is 4. The van der Waals surface area contributed by atoms with Crippen molar-refractivity contribution in [2.75, 3.05) is 13.1 Å². The average Bonchev–Trinajstić information content (AvgIpc) is 2.71. The molecule has 1 rings (SSSR count). The molecule has 0 spiro atoms. The molecule has 0 saturated carbocycles. The molecule has 19 heavy (non-hydrogen) atoms. The van der Waals surface area contributed by atoms with E-state index in [4.69, 9.17) is 5.73 Å². The van der Waals surface area contributed by atoms with Crippen molar-refractivity contribution in [3.8, 4) is 0 Å². The van der Waals surface area contributed by atoms with Gasteiger partial charge in [0, 0.05) is 24.4 Å². The Morgan fingerprint density at radius 2 is 2.00 bits per heavy atom. The molecule has 0 fully saturated rings. The fourth-order valence-electron chi connectivity index (χ4n) is 2.23. The molecule has 0 unspecified atom stereocenters. The Morgan fingerprint density at radius 1 is 1.37 bits per heavy atom. The standard InChI is InChI=1S/C14H25N3OS/c1-5-14(6-2,9-15)13(18)16-8-7-12-10(3)17-11(4)19-12/h5-9,15H2,1-4H3,(H,16,18). The van der Waals surface area contributed by atoms with Crippen molar-refractivity contribution >= 4 is 17.2 Å². The van der Waals surface area contributed by atoms with E-state index in [1.54, 1.807) is 11.3 Å². The Hall–Kier alpha value is -0.940. The zero-order valence-electron chi connectivity index (χ0n) is 12.4. The van der Waals surface area contributed by atoms with E-state index in [2.05, 4.69) is 10.3 Å². The number of carbonyl (C=O) groups excluding carboxylic acids is 1. The van der Waals surface area contributed by atoms with Gasteiger partial charge in [-0.1, -0.05) is 13.8 Å². The van der Waals surface area contributed by atoms with Crippen LogP contribution in [0.15, 0.2) is 0 Å². The van der Waals surface area contributed by atoms with E-state index >= 15 is 0 Å². The van der Waals surface area contributed by atoms with E-state index in [1.807, 2.05) is 27.7 Å². The molecule has 3 N–H and O–H groups in total. The van der Waals surface area contributed by atoms with Crippen LogP contribution in [0.5, 0.6) is 0 Å². The maximum absolute atomic E-state index is 12.2. The smallest absolute Gasteiger partial charge is 0.227 e. The van der Waals surface area contributed by atoms with Crippen molar-refractivity contribution in [3.63, 3.8) is 0 Å². The molecule has 0 atom stereocenters. The van der Waals surface area contributed by atoms with Crippen LogP contribution < -0.4 is 11.1 Å². The van der Waals surface area contributed by atoms with E-state index in [9.17, 15) is 4.79 Å². The minimum absolute atomic E-state index is 0.0823. The molecule has 0 aliphatic rings. The lowest BCUT2D eigenvalue weighted by molar-refractivity contribution is -0.131. The number of rotatable bonds is 7. The van der Waals surface area contributed by atoms with Crippen LogP contribution in [0, 0.1) is 19.3 Å². The van der Waals surface area contributed by atoms with Crippen molar-refractivity contribution in [1.29, 1.82) is 0 Å². The third kappa shape index (κ3) is 3.76. The summed E-state index contributed by atoms with van der Waals surface area (Å²) >= 11 is 1.70. The summed E-state index contributed by atoms with van der Waals surface area (Å²) in [5.41, 5.74) is 6.44. The molecule has 1 aromatic heterocycles. The quantitative estimate of drug-likeness (QED) is 0.806. The van der Waals surface area contributed by atoms with Crippen LogP contribution in [0.2, 0.25) is 0 Å². The first-order valence-electron chi connectivity index (χ1n) is 6.90. The Labute approximate surface area is 119 Å². The zero-order chi connectivity index (χ0) is 14.5. The van der Waals surface area contributed by atoms with Crippen LogP contribution in [0.3, 0.4) is 0 Å². The van der Waals surface area contributed by atoms with Gasteiger partial charge in [-0.25, -0.2) is 4.98 Å². The number of nitrogens with one attached hydrogen (secondary N) is 1. The topological polar surface area (TPSA) is 68.0 Å². The molecular weight excluding hydrogens is 258 g/mol. The van der Waals surface area contributed by atoms with Crippen LogP contribution in [0.4, 0.5) is 0 Å². The first kappa shape index (κ1) is 16.1. The third-order valence-corrected chi connectivity index (χ3v) is 5.00. The number of nitrogens with two attached hydrogens (primary N) is 1. The predicted octanol–water partition coefficient (Wildman–Crippen LogP) is 2.18. The summed E-state index contributed by atoms with van der Waals surface area (Å²) in [6, 6.07) is 0. The Bertz CT molecular complexity index is 416. The minimum atomic E-state index is -0.404. The summed E-state index contributed by atoms with van der Waals surface area (Å²) in [6.07, 6.45) is 2.41. The van der Waals surface area contributed by atoms with Gasteiger partial charge in [-0.15, -0.1) is 11.3 Å². The molecule has 5 heteroatoms. The third-order valence-electron chi connectivity index (χ3n) is 3.86. The summed E-state index contributed by atoms with van der Waals surface area (Å²) in [5, 5.41) is 4.10. The van der Waals surface area contributed by atoms with Crippen LogP contribution in [0.1, 0.15) is 42.3 Å². The van der Waals surface area contributed by atoms with Gasteiger partial charge < -0.3 is 11.1 Å². The van der Waals surface area contributed by atoms with Crippen molar-refractivity contribution in [2.45, 2.75) is 47.0 Å². The van der Waals surface area contributed by atoms with Crippen LogP contribution >= 0.6 is 11.3 Å². The van der Waals surface area contributed by atoms with Gasteiger partial charge in [0.15, 0.2) is 0 Å². The predicted molar refractivity (Wildman–Crippen MR) is 80.4 cm³/mol. The monoisotopic (exact) mass is 283 g/mol. The summed E-state index contributed by atoms with van der Waals surface area (Å²) in [7, 11) is 0. The van der Waals surface area contributed by atoms with E-state index in [0.29, 0.717) is 13.1 Å². The van der Waals surface area contributed by atoms with Crippen LogP contribution in [0.25, 0.3) is 0 Å². The number of aromatic nitrogens is 1. The SMILES string of the molecule is CCC(CC)(CN)C(=O)NCCc1sc(C)nc1C. The molecule has 1 amide bonds. The lowest BCUT2D eigenvalue weighted by Crippen LogP contribution is -2.45. The van der Waals surface area contributed by atoms with Crippen LogP contribution in [-0.4, -0.2) is 24.0 Å². The molecule has 0 bridgehead atoms. The number of amides is 1. The number of hydrogen-bond donors (Lipinski definition) is 2. The van der Waals surface area contributed by atoms with Gasteiger partial charge in [0.1, 0.15) is 0 Å². The zero-order valence-corrected chi connectivity index (χ0v) is 13.2. The molecule has 0 radical (unpaired) electrons. The highest BCUT2D eigenvalue weighted by molar-refractivity contribution is 7.11. The molecular formula is C14H25N3OS. The van der Waals surface area contributed by atoms with Gasteiger partial charge in [0.05, 0.1) is 16.1 Å². The van der Waals surface area contributed by atoms with Crippen molar-refractivity contribution < 1.29 is 4.79 Å². The highest BCUT2D eigenvalue weighted by atomic mass is 32.1. The molecule has 0 aliphatic carbocycles. The van der Waals surface area contributed by atoms with Gasteiger partial charge in [-0.05, 0) is 26.7 Å². The molecule has 0 aliphatic heterocycles. The van der Waals surface area contributed by atoms with Gasteiger partial charge in [0.25, 0.3) is 0 Å². The average molecular weight is 283 g/mol. The Kier molecular flexibility index (Phi) is 5.94. The van der Waals surface area contributed by atoms with Gasteiger partial charge in [-0.3, -0.25) is 4.79 Å². The van der Waals surface area contributed by atoms with Crippen molar-refractivity contribution in [1.82, 2.24) is 10.3 Å². The lowest BCUT2D eigenvalue weighted by Gasteiger charge is -2.28. The van der Waals surface area contributed by atoms with E-state index in [-0.39, 0.29) is 5.91 Å². The summed E-state index contributed by atoms with van der Waals surface area (Å²) in [5.74, 6) is 0.0823. The Morgan fingerprint density at radius 3 is 2.42 bits per heavy atom. The van der Waals surface area contributed by atoms with Gasteiger partial charge in [-0.2, -0.15) is 0 Å². The highest BCUT2D eigenvalue weighted by Gasteiger charge is 2.32. The number of nitrogens with zero attached hydrogens (tertiary/aromatic N) is 1. The second-order valence-corrected chi connectivity index (χ2v) is 6.23. The van der Waals surface area contributed by atoms with Crippen molar-refractivity contribution in [3.05, 3.63) is 15.6 Å². The molecule has 0 aromatic carbocycles. The second-order valence-electron chi connectivity index (χ2n) is 4.94. The molecule has 1 aromatic rings. The largest absolute Gasteiger partial charge is 0.355 e.